The number of pyridine rings is 1. The second-order valence-corrected chi connectivity index (χ2v) is 3.07. The van der Waals surface area contributed by atoms with E-state index in [1.54, 1.807) is 0 Å². The average molecular weight is 254 g/mol. The van der Waals surface area contributed by atoms with Gasteiger partial charge >= 0.3 is 6.18 Å². The van der Waals surface area contributed by atoms with E-state index in [-0.39, 0.29) is 6.29 Å². The van der Waals surface area contributed by atoms with E-state index in [0.29, 0.717) is 6.20 Å². The van der Waals surface area contributed by atoms with Crippen molar-refractivity contribution in [1.29, 1.82) is 0 Å². The van der Waals surface area contributed by atoms with E-state index in [1.807, 2.05) is 0 Å². The van der Waals surface area contributed by atoms with E-state index >= 15 is 0 Å². The number of nitrogens with two attached hydrogens (primary N) is 1. The summed E-state index contributed by atoms with van der Waals surface area (Å²) in [5.74, 6) is 0. The van der Waals surface area contributed by atoms with Gasteiger partial charge in [-0.05, 0) is 0 Å². The van der Waals surface area contributed by atoms with Crippen LogP contribution in [-0.2, 0) is 12.7 Å². The number of carbonyl (C=O) groups excluding carboxylic acids is 1. The molecule has 94 valence electrons. The monoisotopic (exact) mass is 254 g/mol. The third-order valence-corrected chi connectivity index (χ3v) is 2.08. The Morgan fingerprint density at radius 3 is 2.35 bits per heavy atom. The van der Waals surface area contributed by atoms with Crippen LogP contribution in [0.1, 0.15) is 33.6 Å². The molecular weight excluding hydrogens is 247 g/mol. The number of hydrogen-bond donors (Lipinski definition) is 1. The minimum absolute atomic E-state index is 0.0688. The number of halogens is 5. The molecule has 0 saturated carbocycles. The Bertz CT molecular complexity index is 430. The van der Waals surface area contributed by atoms with Crippen LogP contribution in [0.25, 0.3) is 0 Å². The molecule has 8 heteroatoms. The first kappa shape index (κ1) is 13.5. The van der Waals surface area contributed by atoms with E-state index < -0.39 is 41.5 Å². The summed E-state index contributed by atoms with van der Waals surface area (Å²) in [7, 11) is 0. The lowest BCUT2D eigenvalue weighted by atomic mass is 10.0. The Morgan fingerprint density at radius 2 is 2.00 bits per heavy atom. The molecule has 0 amide bonds. The van der Waals surface area contributed by atoms with E-state index in [2.05, 4.69) is 4.98 Å². The first-order chi connectivity index (χ1) is 7.82. The van der Waals surface area contributed by atoms with Crippen molar-refractivity contribution in [2.45, 2.75) is 19.1 Å². The van der Waals surface area contributed by atoms with Gasteiger partial charge in [0.1, 0.15) is 5.69 Å². The molecule has 1 heterocycles. The van der Waals surface area contributed by atoms with Crippen LogP contribution in [0.5, 0.6) is 0 Å². The summed E-state index contributed by atoms with van der Waals surface area (Å²) in [6.07, 6.45) is -7.65. The largest absolute Gasteiger partial charge is 0.433 e. The molecular formula is C9H7F5N2O. The molecule has 0 radical (unpaired) electrons. The summed E-state index contributed by atoms with van der Waals surface area (Å²) in [4.78, 5) is 13.5. The normalized spacial score (nSPS) is 11.9. The molecule has 0 atom stereocenters. The van der Waals surface area contributed by atoms with Crippen LogP contribution < -0.4 is 5.73 Å². The molecule has 0 aromatic carbocycles. The SMILES string of the molecule is NCc1c(C(F)(F)F)ncc(C(F)F)c1C=O. The number of aldehydes is 1. The molecule has 0 aliphatic carbocycles. The number of rotatable bonds is 3. The minimum Gasteiger partial charge on any atom is -0.326 e. The van der Waals surface area contributed by atoms with E-state index in [4.69, 9.17) is 5.73 Å². The van der Waals surface area contributed by atoms with Gasteiger partial charge in [-0.15, -0.1) is 0 Å². The second kappa shape index (κ2) is 4.74. The lowest BCUT2D eigenvalue weighted by Crippen LogP contribution is -2.18. The van der Waals surface area contributed by atoms with Crippen molar-refractivity contribution in [3.63, 3.8) is 0 Å². The number of alkyl halides is 5. The van der Waals surface area contributed by atoms with Crippen LogP contribution in [0.2, 0.25) is 0 Å². The Hall–Kier alpha value is -1.57. The first-order valence-corrected chi connectivity index (χ1v) is 4.35. The summed E-state index contributed by atoms with van der Waals surface area (Å²) in [6.45, 7) is -0.698. The summed E-state index contributed by atoms with van der Waals surface area (Å²) in [6, 6.07) is 0. The van der Waals surface area contributed by atoms with Gasteiger partial charge in [-0.1, -0.05) is 0 Å². The van der Waals surface area contributed by atoms with Gasteiger partial charge in [0, 0.05) is 29.4 Å². The lowest BCUT2D eigenvalue weighted by molar-refractivity contribution is -0.141. The molecule has 1 aromatic rings. The predicted molar refractivity (Wildman–Crippen MR) is 47.5 cm³/mol. The van der Waals surface area contributed by atoms with Gasteiger partial charge in [-0.2, -0.15) is 13.2 Å². The molecule has 0 unspecified atom stereocenters. The molecule has 0 aliphatic rings. The topological polar surface area (TPSA) is 56.0 Å². The summed E-state index contributed by atoms with van der Waals surface area (Å²) >= 11 is 0. The molecule has 3 nitrogen and oxygen atoms in total. The molecule has 17 heavy (non-hydrogen) atoms. The third-order valence-electron chi connectivity index (χ3n) is 2.08. The van der Waals surface area contributed by atoms with Crippen molar-refractivity contribution < 1.29 is 26.7 Å². The fourth-order valence-electron chi connectivity index (χ4n) is 1.35. The Kier molecular flexibility index (Phi) is 3.76. The number of carbonyl (C=O) groups is 1. The van der Waals surface area contributed by atoms with Gasteiger partial charge < -0.3 is 5.73 Å². The Labute approximate surface area is 92.4 Å². The van der Waals surface area contributed by atoms with Gasteiger partial charge in [0.2, 0.25) is 0 Å². The number of hydrogen-bond acceptors (Lipinski definition) is 3. The molecule has 2 N–H and O–H groups in total. The molecule has 0 fully saturated rings. The van der Waals surface area contributed by atoms with Crippen LogP contribution in [0.3, 0.4) is 0 Å². The molecule has 0 spiro atoms. The fourth-order valence-corrected chi connectivity index (χ4v) is 1.35. The molecule has 0 aliphatic heterocycles. The van der Waals surface area contributed by atoms with Crippen molar-refractivity contribution >= 4 is 6.29 Å². The highest BCUT2D eigenvalue weighted by Crippen LogP contribution is 2.34. The molecule has 1 rings (SSSR count). The maximum atomic E-state index is 12.5. The fraction of sp³-hybridized carbons (Fsp3) is 0.333. The quantitative estimate of drug-likeness (QED) is 0.665. The van der Waals surface area contributed by atoms with Crippen LogP contribution in [-0.4, -0.2) is 11.3 Å². The van der Waals surface area contributed by atoms with Crippen LogP contribution in [0, 0.1) is 0 Å². The zero-order chi connectivity index (χ0) is 13.2. The van der Waals surface area contributed by atoms with Gasteiger partial charge in [-0.3, -0.25) is 9.78 Å². The smallest absolute Gasteiger partial charge is 0.326 e. The average Bonchev–Trinajstić information content (AvgIpc) is 2.25. The second-order valence-electron chi connectivity index (χ2n) is 3.07. The Morgan fingerprint density at radius 1 is 1.41 bits per heavy atom. The van der Waals surface area contributed by atoms with Gasteiger partial charge in [0.25, 0.3) is 6.43 Å². The molecule has 1 aromatic heterocycles. The van der Waals surface area contributed by atoms with Gasteiger partial charge in [0.05, 0.1) is 0 Å². The Balaban J connectivity index is 3.54. The first-order valence-electron chi connectivity index (χ1n) is 4.35. The van der Waals surface area contributed by atoms with Crippen molar-refractivity contribution in [2.24, 2.45) is 5.73 Å². The standard InChI is InChI=1S/C9H7F5N2O/c10-8(11)5-2-16-7(9(12,13)14)4(1-15)6(5)3-17/h2-3,8H,1,15H2. The highest BCUT2D eigenvalue weighted by molar-refractivity contribution is 5.80. The lowest BCUT2D eigenvalue weighted by Gasteiger charge is -2.14. The van der Waals surface area contributed by atoms with E-state index in [1.165, 1.54) is 0 Å². The van der Waals surface area contributed by atoms with Gasteiger partial charge in [-0.25, -0.2) is 8.78 Å². The number of aromatic nitrogens is 1. The minimum atomic E-state index is -4.84. The van der Waals surface area contributed by atoms with Crippen LogP contribution >= 0.6 is 0 Å². The summed E-state index contributed by atoms with van der Waals surface area (Å²) < 4.78 is 62.3. The maximum absolute atomic E-state index is 12.5. The van der Waals surface area contributed by atoms with Crippen molar-refractivity contribution in [1.82, 2.24) is 4.98 Å². The van der Waals surface area contributed by atoms with Crippen molar-refractivity contribution in [3.8, 4) is 0 Å². The highest BCUT2D eigenvalue weighted by atomic mass is 19.4. The van der Waals surface area contributed by atoms with Crippen LogP contribution in [0.4, 0.5) is 22.0 Å². The zero-order valence-electron chi connectivity index (χ0n) is 8.26. The summed E-state index contributed by atoms with van der Waals surface area (Å²) in [5.41, 5.74) is 1.32. The van der Waals surface area contributed by atoms with Crippen molar-refractivity contribution in [3.05, 3.63) is 28.6 Å². The maximum Gasteiger partial charge on any atom is 0.433 e. The van der Waals surface area contributed by atoms with Crippen LogP contribution in [0.15, 0.2) is 6.20 Å². The molecule has 0 bridgehead atoms. The van der Waals surface area contributed by atoms with E-state index in [0.717, 1.165) is 0 Å². The van der Waals surface area contributed by atoms with Gasteiger partial charge in [0.15, 0.2) is 6.29 Å². The summed E-state index contributed by atoms with van der Waals surface area (Å²) in [5, 5.41) is 0. The van der Waals surface area contributed by atoms with E-state index in [9.17, 15) is 26.7 Å². The number of nitrogens with zero attached hydrogens (tertiary/aromatic N) is 1. The zero-order valence-corrected chi connectivity index (χ0v) is 8.26. The highest BCUT2D eigenvalue weighted by Gasteiger charge is 2.37. The third kappa shape index (κ3) is 2.57. The predicted octanol–water partition coefficient (Wildman–Crippen LogP) is 2.31. The van der Waals surface area contributed by atoms with Crippen molar-refractivity contribution in [2.75, 3.05) is 0 Å². The molecule has 0 saturated heterocycles.